The molecule has 0 aliphatic heterocycles. The maximum atomic E-state index is 13.8. The van der Waals surface area contributed by atoms with Gasteiger partial charge in [-0.25, -0.2) is 4.39 Å². The second-order valence-electron chi connectivity index (χ2n) is 5.13. The van der Waals surface area contributed by atoms with E-state index in [1.165, 1.54) is 17.0 Å². The largest absolute Gasteiger partial charge is 0.337 e. The van der Waals surface area contributed by atoms with Gasteiger partial charge in [0.1, 0.15) is 10.7 Å². The summed E-state index contributed by atoms with van der Waals surface area (Å²) in [6.45, 7) is 3.58. The quantitative estimate of drug-likeness (QED) is 0.490. The Kier molecular flexibility index (Phi) is 5.61. The van der Waals surface area contributed by atoms with Gasteiger partial charge in [0.05, 0.1) is 12.2 Å². The van der Waals surface area contributed by atoms with E-state index in [0.29, 0.717) is 10.6 Å². The number of carbonyl (C=O) groups is 1. The number of nitrogens with zero attached hydrogens (tertiary/aromatic N) is 2. The SMILES string of the molecule is C=N/C(=C(\SN)C(=O)N(C)Cc1c(F)cccc1Cl)C1CC1. The second kappa shape index (κ2) is 7.26. The summed E-state index contributed by atoms with van der Waals surface area (Å²) in [6, 6.07) is 4.43. The van der Waals surface area contributed by atoms with E-state index in [1.807, 2.05) is 0 Å². The van der Waals surface area contributed by atoms with E-state index >= 15 is 0 Å². The molecule has 0 radical (unpaired) electrons. The lowest BCUT2D eigenvalue weighted by Gasteiger charge is -2.20. The summed E-state index contributed by atoms with van der Waals surface area (Å²) in [7, 11) is 1.58. The molecule has 2 rings (SSSR count). The van der Waals surface area contributed by atoms with E-state index in [0.717, 1.165) is 24.8 Å². The molecular weight excluding hydrogens is 325 g/mol. The first-order valence-electron chi connectivity index (χ1n) is 6.75. The van der Waals surface area contributed by atoms with Crippen LogP contribution in [0.4, 0.5) is 4.39 Å². The normalized spacial score (nSPS) is 15.3. The fourth-order valence-electron chi connectivity index (χ4n) is 2.13. The molecule has 1 aromatic carbocycles. The van der Waals surface area contributed by atoms with Gasteiger partial charge in [-0.15, -0.1) is 0 Å². The molecule has 2 N–H and O–H groups in total. The molecule has 0 unspecified atom stereocenters. The Morgan fingerprint density at radius 1 is 1.59 bits per heavy atom. The highest BCUT2D eigenvalue weighted by molar-refractivity contribution is 8.01. The van der Waals surface area contributed by atoms with Crippen LogP contribution in [0.1, 0.15) is 18.4 Å². The third-order valence-corrected chi connectivity index (χ3v) is 4.46. The molecule has 118 valence electrons. The molecule has 1 aliphatic carbocycles. The van der Waals surface area contributed by atoms with Crippen molar-refractivity contribution in [3.8, 4) is 0 Å². The molecule has 1 aliphatic rings. The highest BCUT2D eigenvalue weighted by Gasteiger charge is 2.31. The summed E-state index contributed by atoms with van der Waals surface area (Å²) in [6.07, 6.45) is 1.96. The third-order valence-electron chi connectivity index (χ3n) is 3.48. The van der Waals surface area contributed by atoms with Gasteiger partial charge >= 0.3 is 0 Å². The van der Waals surface area contributed by atoms with Crippen molar-refractivity contribution in [1.82, 2.24) is 4.90 Å². The summed E-state index contributed by atoms with van der Waals surface area (Å²) < 4.78 is 13.8. The van der Waals surface area contributed by atoms with Crippen molar-refractivity contribution in [1.29, 1.82) is 0 Å². The fraction of sp³-hybridized carbons (Fsp3) is 0.333. The van der Waals surface area contributed by atoms with Crippen molar-refractivity contribution in [2.45, 2.75) is 19.4 Å². The number of benzene rings is 1. The van der Waals surface area contributed by atoms with Crippen LogP contribution in [-0.2, 0) is 11.3 Å². The van der Waals surface area contributed by atoms with Gasteiger partial charge in [0, 0.05) is 23.6 Å². The molecule has 0 atom stereocenters. The maximum absolute atomic E-state index is 13.8. The zero-order valence-corrected chi connectivity index (χ0v) is 13.8. The van der Waals surface area contributed by atoms with Gasteiger partial charge in [-0.3, -0.25) is 14.9 Å². The molecule has 1 aromatic rings. The second-order valence-corrected chi connectivity index (χ2v) is 6.18. The van der Waals surface area contributed by atoms with Crippen LogP contribution in [0.3, 0.4) is 0 Å². The molecule has 4 nitrogen and oxygen atoms in total. The van der Waals surface area contributed by atoms with Gasteiger partial charge in [-0.2, -0.15) is 0 Å². The van der Waals surface area contributed by atoms with Crippen LogP contribution in [0.5, 0.6) is 0 Å². The average Bonchev–Trinajstić information content (AvgIpc) is 3.32. The lowest BCUT2D eigenvalue weighted by atomic mass is 10.2. The number of allylic oxidation sites excluding steroid dienone is 1. The van der Waals surface area contributed by atoms with E-state index < -0.39 is 5.82 Å². The zero-order chi connectivity index (χ0) is 16.3. The Labute approximate surface area is 138 Å². The number of hydrogen-bond acceptors (Lipinski definition) is 4. The number of aliphatic imine (C=N–C) groups is 1. The number of nitrogens with two attached hydrogens (primary N) is 1. The monoisotopic (exact) mass is 341 g/mol. The molecule has 22 heavy (non-hydrogen) atoms. The molecule has 0 heterocycles. The van der Waals surface area contributed by atoms with Gasteiger partial charge in [-0.05, 0) is 43.6 Å². The van der Waals surface area contributed by atoms with Crippen molar-refractivity contribution < 1.29 is 9.18 Å². The van der Waals surface area contributed by atoms with Crippen molar-refractivity contribution in [3.05, 3.63) is 45.2 Å². The predicted octanol–water partition coefficient (Wildman–Crippen LogP) is 3.37. The van der Waals surface area contributed by atoms with Crippen molar-refractivity contribution >= 4 is 36.2 Å². The Balaban J connectivity index is 2.23. The van der Waals surface area contributed by atoms with Gasteiger partial charge in [0.2, 0.25) is 0 Å². The fourth-order valence-corrected chi connectivity index (χ4v) is 2.96. The summed E-state index contributed by atoms with van der Waals surface area (Å²) in [5, 5.41) is 5.92. The van der Waals surface area contributed by atoms with Crippen LogP contribution >= 0.6 is 23.5 Å². The van der Waals surface area contributed by atoms with Crippen LogP contribution in [0.2, 0.25) is 5.02 Å². The van der Waals surface area contributed by atoms with E-state index in [-0.39, 0.29) is 29.0 Å². The molecule has 0 spiro atoms. The van der Waals surface area contributed by atoms with Gasteiger partial charge in [0.15, 0.2) is 0 Å². The molecule has 1 fully saturated rings. The van der Waals surface area contributed by atoms with Gasteiger partial charge in [-0.1, -0.05) is 17.7 Å². The number of halogens is 2. The molecule has 0 saturated heterocycles. The van der Waals surface area contributed by atoms with Crippen LogP contribution in [0.25, 0.3) is 0 Å². The first-order valence-corrected chi connectivity index (χ1v) is 8.01. The van der Waals surface area contributed by atoms with Crippen molar-refractivity contribution in [2.75, 3.05) is 7.05 Å². The average molecular weight is 342 g/mol. The number of likely N-dealkylation sites (N-methyl/N-ethyl adjacent to an activating group) is 1. The molecule has 0 bridgehead atoms. The Morgan fingerprint density at radius 2 is 2.27 bits per heavy atom. The number of hydrogen-bond donors (Lipinski definition) is 1. The molecule has 1 amide bonds. The summed E-state index contributed by atoms with van der Waals surface area (Å²) >= 11 is 6.85. The third kappa shape index (κ3) is 3.69. The Hall–Kier alpha value is -1.37. The van der Waals surface area contributed by atoms with Crippen LogP contribution in [-0.4, -0.2) is 24.6 Å². The van der Waals surface area contributed by atoms with Crippen molar-refractivity contribution in [2.24, 2.45) is 16.0 Å². The van der Waals surface area contributed by atoms with E-state index in [2.05, 4.69) is 11.7 Å². The Morgan fingerprint density at radius 3 is 2.77 bits per heavy atom. The summed E-state index contributed by atoms with van der Waals surface area (Å²) in [4.78, 5) is 18.2. The van der Waals surface area contributed by atoms with E-state index in [1.54, 1.807) is 13.1 Å². The van der Waals surface area contributed by atoms with Crippen LogP contribution in [0, 0.1) is 11.7 Å². The van der Waals surface area contributed by atoms with Crippen molar-refractivity contribution in [3.63, 3.8) is 0 Å². The lowest BCUT2D eigenvalue weighted by Crippen LogP contribution is -2.28. The van der Waals surface area contributed by atoms with Gasteiger partial charge < -0.3 is 4.90 Å². The maximum Gasteiger partial charge on any atom is 0.263 e. The topological polar surface area (TPSA) is 58.7 Å². The molecule has 0 aromatic heterocycles. The Bertz CT molecular complexity index is 611. The minimum Gasteiger partial charge on any atom is -0.337 e. The summed E-state index contributed by atoms with van der Waals surface area (Å²) in [5.41, 5.74) is 0.907. The first-order chi connectivity index (χ1) is 10.5. The molecule has 7 heteroatoms. The number of rotatable bonds is 6. The van der Waals surface area contributed by atoms with Gasteiger partial charge in [0.25, 0.3) is 5.91 Å². The standard InChI is InChI=1S/C15H17ClFN3OS/c1-19-13(9-6-7-9)14(22-18)15(21)20(2)8-10-11(16)4-3-5-12(10)17/h3-5,9H,1,6-8,18H2,2H3/b14-13-. The summed E-state index contributed by atoms with van der Waals surface area (Å²) in [5.74, 6) is -0.499. The number of amides is 1. The predicted molar refractivity (Wildman–Crippen MR) is 89.0 cm³/mol. The van der Waals surface area contributed by atoms with E-state index in [9.17, 15) is 9.18 Å². The molecule has 1 saturated carbocycles. The highest BCUT2D eigenvalue weighted by atomic mass is 35.5. The van der Waals surface area contributed by atoms with E-state index in [4.69, 9.17) is 16.7 Å². The highest BCUT2D eigenvalue weighted by Crippen LogP contribution is 2.40. The zero-order valence-electron chi connectivity index (χ0n) is 12.2. The number of carbonyl (C=O) groups excluding carboxylic acids is 1. The smallest absolute Gasteiger partial charge is 0.263 e. The first kappa shape index (κ1) is 17.0. The lowest BCUT2D eigenvalue weighted by molar-refractivity contribution is -0.125. The molecular formula is C15H17ClFN3OS. The minimum absolute atomic E-state index is 0.0590. The minimum atomic E-state index is -0.442. The van der Waals surface area contributed by atoms with Crippen LogP contribution < -0.4 is 5.14 Å². The van der Waals surface area contributed by atoms with Crippen LogP contribution in [0.15, 0.2) is 33.8 Å².